The quantitative estimate of drug-likeness (QED) is 0.928. The molecule has 106 valence electrons. The van der Waals surface area contributed by atoms with E-state index in [9.17, 15) is 0 Å². The second-order valence-corrected chi connectivity index (χ2v) is 5.97. The van der Waals surface area contributed by atoms with Crippen molar-refractivity contribution < 1.29 is 0 Å². The van der Waals surface area contributed by atoms with Crippen molar-refractivity contribution in [3.8, 4) is 0 Å². The Bertz CT molecular complexity index is 574. The molecule has 1 N–H and O–H groups in total. The Morgan fingerprint density at radius 3 is 3.00 bits per heavy atom. The summed E-state index contributed by atoms with van der Waals surface area (Å²) in [5.41, 5.74) is 2.49. The number of aromatic nitrogens is 1. The fourth-order valence-electron chi connectivity index (χ4n) is 3.13. The van der Waals surface area contributed by atoms with Gasteiger partial charge in [0.25, 0.3) is 0 Å². The van der Waals surface area contributed by atoms with Gasteiger partial charge in [0.05, 0.1) is 5.52 Å². The molecule has 1 atom stereocenters. The number of hydrogen-bond donors (Lipinski definition) is 1. The number of piperazine rings is 1. The van der Waals surface area contributed by atoms with Crippen LogP contribution in [0.1, 0.15) is 19.4 Å². The molecule has 0 bridgehead atoms. The molecule has 3 nitrogen and oxygen atoms in total. The van der Waals surface area contributed by atoms with Gasteiger partial charge in [-0.05, 0) is 23.6 Å². The summed E-state index contributed by atoms with van der Waals surface area (Å²) in [5, 5.41) is 4.80. The number of fused-ring (bicyclic) bond motifs is 1. The monoisotopic (exact) mass is 269 g/mol. The van der Waals surface area contributed by atoms with Crippen molar-refractivity contribution in [2.24, 2.45) is 5.92 Å². The lowest BCUT2D eigenvalue weighted by Crippen LogP contribution is -2.52. The average molecular weight is 269 g/mol. The molecule has 20 heavy (non-hydrogen) atoms. The lowest BCUT2D eigenvalue weighted by molar-refractivity contribution is 0.117. The topological polar surface area (TPSA) is 28.2 Å². The van der Waals surface area contributed by atoms with Crippen LogP contribution in [0.2, 0.25) is 0 Å². The summed E-state index contributed by atoms with van der Waals surface area (Å²) >= 11 is 0. The highest BCUT2D eigenvalue weighted by Crippen LogP contribution is 2.21. The van der Waals surface area contributed by atoms with E-state index in [0.717, 1.165) is 31.7 Å². The first-order valence-corrected chi connectivity index (χ1v) is 7.53. The molecule has 2 heterocycles. The van der Waals surface area contributed by atoms with Crippen LogP contribution in [0.25, 0.3) is 10.9 Å². The van der Waals surface area contributed by atoms with Crippen LogP contribution in [-0.2, 0) is 6.54 Å². The number of nitrogens with one attached hydrogen (secondary N) is 1. The van der Waals surface area contributed by atoms with Crippen molar-refractivity contribution in [1.82, 2.24) is 15.2 Å². The van der Waals surface area contributed by atoms with Crippen LogP contribution in [0.3, 0.4) is 0 Å². The number of nitrogens with zero attached hydrogens (tertiary/aromatic N) is 2. The average Bonchev–Trinajstić information content (AvgIpc) is 2.48. The summed E-state index contributed by atoms with van der Waals surface area (Å²) in [6.07, 6.45) is 1.93. The van der Waals surface area contributed by atoms with E-state index in [4.69, 9.17) is 0 Å². The van der Waals surface area contributed by atoms with E-state index in [1.54, 1.807) is 0 Å². The molecule has 1 aliphatic rings. The van der Waals surface area contributed by atoms with Gasteiger partial charge >= 0.3 is 0 Å². The Morgan fingerprint density at radius 1 is 1.30 bits per heavy atom. The fourth-order valence-corrected chi connectivity index (χ4v) is 3.13. The molecule has 0 radical (unpaired) electrons. The van der Waals surface area contributed by atoms with Gasteiger partial charge in [-0.1, -0.05) is 32.0 Å². The minimum atomic E-state index is 0.621. The maximum atomic E-state index is 4.46. The predicted octanol–water partition coefficient (Wildman–Crippen LogP) is 2.66. The Morgan fingerprint density at radius 2 is 2.15 bits per heavy atom. The van der Waals surface area contributed by atoms with Gasteiger partial charge in [-0.2, -0.15) is 0 Å². The number of para-hydroxylation sites is 1. The van der Waals surface area contributed by atoms with Crippen molar-refractivity contribution in [2.45, 2.75) is 26.4 Å². The molecule has 2 aromatic rings. The maximum Gasteiger partial charge on any atom is 0.0705 e. The summed E-state index contributed by atoms with van der Waals surface area (Å²) in [4.78, 5) is 7.07. The molecule has 1 unspecified atom stereocenters. The minimum absolute atomic E-state index is 0.621. The zero-order valence-corrected chi connectivity index (χ0v) is 12.3. The van der Waals surface area contributed by atoms with Crippen LogP contribution in [0.5, 0.6) is 0 Å². The van der Waals surface area contributed by atoms with Crippen LogP contribution in [0.4, 0.5) is 0 Å². The van der Waals surface area contributed by atoms with Crippen molar-refractivity contribution in [1.29, 1.82) is 0 Å². The molecule has 0 spiro atoms. The highest BCUT2D eigenvalue weighted by atomic mass is 15.2. The summed E-state index contributed by atoms with van der Waals surface area (Å²) in [6, 6.07) is 11.2. The molecule has 1 aromatic carbocycles. The van der Waals surface area contributed by atoms with Crippen LogP contribution < -0.4 is 5.32 Å². The molecule has 0 amide bonds. The van der Waals surface area contributed by atoms with Gasteiger partial charge in [-0.15, -0.1) is 0 Å². The first-order chi connectivity index (χ1) is 9.75. The number of rotatable bonds is 3. The number of benzene rings is 1. The first-order valence-electron chi connectivity index (χ1n) is 7.53. The molecule has 1 saturated heterocycles. The predicted molar refractivity (Wildman–Crippen MR) is 83.6 cm³/mol. The zero-order valence-electron chi connectivity index (χ0n) is 12.3. The second-order valence-electron chi connectivity index (χ2n) is 5.97. The standard InChI is InChI=1S/C17H23N3/c1-13(2)17-11-18-9-10-20(17)12-14-7-8-19-16-6-4-3-5-15(14)16/h3-8,13,17-18H,9-12H2,1-2H3. The van der Waals surface area contributed by atoms with Crippen molar-refractivity contribution in [3.63, 3.8) is 0 Å². The Kier molecular flexibility index (Phi) is 3.99. The highest BCUT2D eigenvalue weighted by Gasteiger charge is 2.25. The van der Waals surface area contributed by atoms with E-state index >= 15 is 0 Å². The third kappa shape index (κ3) is 2.69. The van der Waals surface area contributed by atoms with E-state index in [1.165, 1.54) is 10.9 Å². The fraction of sp³-hybridized carbons (Fsp3) is 0.471. The molecule has 1 aliphatic heterocycles. The molecular formula is C17H23N3. The van der Waals surface area contributed by atoms with E-state index < -0.39 is 0 Å². The molecule has 3 rings (SSSR count). The molecule has 0 aliphatic carbocycles. The van der Waals surface area contributed by atoms with Crippen molar-refractivity contribution in [2.75, 3.05) is 19.6 Å². The minimum Gasteiger partial charge on any atom is -0.314 e. The maximum absolute atomic E-state index is 4.46. The Balaban J connectivity index is 1.88. The van der Waals surface area contributed by atoms with E-state index in [1.807, 2.05) is 6.20 Å². The normalized spacial score (nSPS) is 20.6. The largest absolute Gasteiger partial charge is 0.314 e. The third-order valence-electron chi connectivity index (χ3n) is 4.28. The van der Waals surface area contributed by atoms with Crippen LogP contribution in [0.15, 0.2) is 36.5 Å². The van der Waals surface area contributed by atoms with Crippen LogP contribution in [0, 0.1) is 5.92 Å². The van der Waals surface area contributed by atoms with Gasteiger partial charge in [0.2, 0.25) is 0 Å². The van der Waals surface area contributed by atoms with Gasteiger partial charge in [0.15, 0.2) is 0 Å². The number of hydrogen-bond acceptors (Lipinski definition) is 3. The summed E-state index contributed by atoms with van der Waals surface area (Å²) in [7, 11) is 0. The Labute approximate surface area is 121 Å². The zero-order chi connectivity index (χ0) is 13.9. The molecule has 1 fully saturated rings. The third-order valence-corrected chi connectivity index (χ3v) is 4.28. The summed E-state index contributed by atoms with van der Waals surface area (Å²) in [5.74, 6) is 0.677. The molecule has 0 saturated carbocycles. The van der Waals surface area contributed by atoms with Gasteiger partial charge in [0, 0.05) is 43.8 Å². The van der Waals surface area contributed by atoms with Gasteiger partial charge in [0.1, 0.15) is 0 Å². The lowest BCUT2D eigenvalue weighted by atomic mass is 9.99. The number of pyridine rings is 1. The van der Waals surface area contributed by atoms with E-state index in [2.05, 4.69) is 59.4 Å². The van der Waals surface area contributed by atoms with Crippen LogP contribution in [-0.4, -0.2) is 35.6 Å². The van der Waals surface area contributed by atoms with Gasteiger partial charge in [-0.3, -0.25) is 9.88 Å². The molecule has 3 heteroatoms. The Hall–Kier alpha value is -1.45. The second kappa shape index (κ2) is 5.90. The summed E-state index contributed by atoms with van der Waals surface area (Å²) < 4.78 is 0. The highest BCUT2D eigenvalue weighted by molar-refractivity contribution is 5.81. The van der Waals surface area contributed by atoms with Gasteiger partial charge in [-0.25, -0.2) is 0 Å². The molecular weight excluding hydrogens is 246 g/mol. The van der Waals surface area contributed by atoms with E-state index in [-0.39, 0.29) is 0 Å². The smallest absolute Gasteiger partial charge is 0.0705 e. The van der Waals surface area contributed by atoms with Crippen LogP contribution >= 0.6 is 0 Å². The first kappa shape index (κ1) is 13.5. The van der Waals surface area contributed by atoms with Crippen molar-refractivity contribution >= 4 is 10.9 Å². The van der Waals surface area contributed by atoms with E-state index in [0.29, 0.717) is 12.0 Å². The SMILES string of the molecule is CC(C)C1CNCCN1Cc1ccnc2ccccc12. The summed E-state index contributed by atoms with van der Waals surface area (Å²) in [6.45, 7) is 8.96. The molecule has 1 aromatic heterocycles. The lowest BCUT2D eigenvalue weighted by Gasteiger charge is -2.38. The van der Waals surface area contributed by atoms with Gasteiger partial charge < -0.3 is 5.32 Å². The van der Waals surface area contributed by atoms with Crippen molar-refractivity contribution in [3.05, 3.63) is 42.1 Å².